The summed E-state index contributed by atoms with van der Waals surface area (Å²) in [5, 5.41) is 12.6. The van der Waals surface area contributed by atoms with Crippen molar-refractivity contribution in [2.45, 2.75) is 70.3 Å². The number of ether oxygens (including phenoxy) is 1. The van der Waals surface area contributed by atoms with Crippen LogP contribution in [0.15, 0.2) is 18.2 Å². The molecule has 0 spiro atoms. The molecule has 4 rings (SSSR count). The number of hydrogen-bond donors (Lipinski definition) is 2. The van der Waals surface area contributed by atoms with E-state index in [2.05, 4.69) is 12.2 Å². The minimum atomic E-state index is -1.42. The van der Waals surface area contributed by atoms with Gasteiger partial charge >= 0.3 is 0 Å². The van der Waals surface area contributed by atoms with E-state index >= 15 is 0 Å². The maximum absolute atomic E-state index is 14.4. The molecule has 0 aromatic heterocycles. The van der Waals surface area contributed by atoms with E-state index in [9.17, 15) is 23.9 Å². The number of rotatable bonds is 5. The summed E-state index contributed by atoms with van der Waals surface area (Å²) in [4.78, 5) is 40.0. The highest BCUT2D eigenvalue weighted by molar-refractivity contribution is 5.99. The van der Waals surface area contributed by atoms with Crippen LogP contribution in [0.4, 0.5) is 4.39 Å². The number of amides is 2. The van der Waals surface area contributed by atoms with Gasteiger partial charge in [-0.25, -0.2) is 4.39 Å². The molecule has 8 heteroatoms. The maximum atomic E-state index is 14.4. The van der Waals surface area contributed by atoms with E-state index < -0.39 is 36.2 Å². The Kier molecular flexibility index (Phi) is 5.77. The fourth-order valence-corrected chi connectivity index (χ4v) is 5.19. The Hall–Kier alpha value is -2.48. The molecule has 1 aliphatic carbocycles. The maximum Gasteiger partial charge on any atom is 0.251 e. The van der Waals surface area contributed by atoms with Crippen LogP contribution in [0, 0.1) is 12.3 Å². The zero-order valence-corrected chi connectivity index (χ0v) is 17.9. The second-order valence-corrected chi connectivity index (χ2v) is 9.44. The fourth-order valence-electron chi connectivity index (χ4n) is 5.19. The zero-order valence-electron chi connectivity index (χ0n) is 17.9. The quantitative estimate of drug-likeness (QED) is 0.744. The number of alkyl halides is 1. The van der Waals surface area contributed by atoms with Crippen molar-refractivity contribution >= 4 is 17.6 Å². The first-order valence-electron chi connectivity index (χ1n) is 10.9. The van der Waals surface area contributed by atoms with Crippen molar-refractivity contribution in [3.8, 4) is 5.75 Å². The summed E-state index contributed by atoms with van der Waals surface area (Å²) in [5.74, 6) is -1.10. The highest BCUT2D eigenvalue weighted by Crippen LogP contribution is 2.42. The van der Waals surface area contributed by atoms with Crippen molar-refractivity contribution in [1.82, 2.24) is 10.2 Å². The largest absolute Gasteiger partial charge is 0.508 e. The number of phenolic OH excluding ortho intramolecular Hbond substituents is 1. The van der Waals surface area contributed by atoms with Crippen LogP contribution >= 0.6 is 0 Å². The smallest absolute Gasteiger partial charge is 0.251 e. The van der Waals surface area contributed by atoms with E-state index in [0.717, 1.165) is 25.7 Å². The lowest BCUT2D eigenvalue weighted by atomic mass is 9.81. The molecule has 2 heterocycles. The topological polar surface area (TPSA) is 95.9 Å². The Labute approximate surface area is 180 Å². The molecule has 4 atom stereocenters. The van der Waals surface area contributed by atoms with Gasteiger partial charge in [-0.1, -0.05) is 19.8 Å². The van der Waals surface area contributed by atoms with Crippen LogP contribution < -0.4 is 5.32 Å². The number of hydrogen-bond acceptors (Lipinski definition) is 5. The van der Waals surface area contributed by atoms with E-state index in [1.54, 1.807) is 13.0 Å². The van der Waals surface area contributed by atoms with Crippen LogP contribution in [0.3, 0.4) is 0 Å². The molecule has 2 amide bonds. The predicted molar refractivity (Wildman–Crippen MR) is 110 cm³/mol. The van der Waals surface area contributed by atoms with E-state index in [1.807, 2.05) is 0 Å². The lowest BCUT2D eigenvalue weighted by molar-refractivity contribution is -0.138. The molecule has 3 fully saturated rings. The van der Waals surface area contributed by atoms with E-state index in [1.165, 1.54) is 17.0 Å². The number of aryl methyl sites for hydroxylation is 1. The van der Waals surface area contributed by atoms with Crippen LogP contribution in [0.2, 0.25) is 0 Å². The molecule has 0 unspecified atom stereocenters. The first-order valence-corrected chi connectivity index (χ1v) is 10.9. The number of ketones is 1. The monoisotopic (exact) mass is 432 g/mol. The summed E-state index contributed by atoms with van der Waals surface area (Å²) in [5.41, 5.74) is 0.769. The van der Waals surface area contributed by atoms with Crippen LogP contribution in [0.25, 0.3) is 0 Å². The van der Waals surface area contributed by atoms with E-state index in [4.69, 9.17) is 4.74 Å². The molecule has 7 nitrogen and oxygen atoms in total. The van der Waals surface area contributed by atoms with Gasteiger partial charge in [-0.15, -0.1) is 0 Å². The van der Waals surface area contributed by atoms with Crippen LogP contribution in [-0.4, -0.2) is 65.1 Å². The van der Waals surface area contributed by atoms with Crippen LogP contribution in [-0.2, 0) is 14.3 Å². The molecule has 2 saturated heterocycles. The van der Waals surface area contributed by atoms with Gasteiger partial charge in [-0.2, -0.15) is 0 Å². The number of fused-ring (bicyclic) bond motifs is 1. The number of aromatic hydroxyl groups is 1. The van der Waals surface area contributed by atoms with Gasteiger partial charge in [0.2, 0.25) is 5.91 Å². The number of nitrogens with one attached hydrogen (secondary N) is 1. The SMILES string of the molecule is Cc1cc(C(=O)N[C@@H](CC2(C)CCCC2)C(=O)N2C[C@H](F)[C@H]3OCC(=O)[C@H]32)ccc1O. The van der Waals surface area contributed by atoms with E-state index in [0.29, 0.717) is 17.5 Å². The molecule has 1 aromatic rings. The van der Waals surface area contributed by atoms with Gasteiger partial charge in [0.15, 0.2) is 5.78 Å². The highest BCUT2D eigenvalue weighted by Gasteiger charge is 2.54. The first kappa shape index (κ1) is 21.7. The number of phenols is 1. The Balaban J connectivity index is 1.58. The summed E-state index contributed by atoms with van der Waals surface area (Å²) >= 11 is 0. The molecule has 168 valence electrons. The molecule has 3 aliphatic rings. The van der Waals surface area contributed by atoms with Crippen LogP contribution in [0.1, 0.15) is 54.9 Å². The molecular weight excluding hydrogens is 403 g/mol. The fraction of sp³-hybridized carbons (Fsp3) is 0.609. The first-order chi connectivity index (χ1) is 14.7. The third-order valence-corrected chi connectivity index (χ3v) is 6.98. The minimum Gasteiger partial charge on any atom is -0.508 e. The van der Waals surface area contributed by atoms with Gasteiger partial charge < -0.3 is 20.1 Å². The number of Topliss-reactive ketones (excluding diaryl/α,β-unsaturated/α-hetero) is 1. The molecule has 31 heavy (non-hydrogen) atoms. The predicted octanol–water partition coefficient (Wildman–Crippen LogP) is 2.29. The van der Waals surface area contributed by atoms with Gasteiger partial charge in [0.25, 0.3) is 5.91 Å². The normalized spacial score (nSPS) is 27.9. The van der Waals surface area contributed by atoms with Crippen molar-refractivity contribution in [3.63, 3.8) is 0 Å². The van der Waals surface area contributed by atoms with Crippen molar-refractivity contribution in [1.29, 1.82) is 0 Å². The highest BCUT2D eigenvalue weighted by atomic mass is 19.1. The third kappa shape index (κ3) is 4.18. The van der Waals surface area contributed by atoms with Crippen molar-refractivity contribution < 1.29 is 28.6 Å². The Morgan fingerprint density at radius 3 is 2.74 bits per heavy atom. The Morgan fingerprint density at radius 1 is 1.35 bits per heavy atom. The number of likely N-dealkylation sites (tertiary alicyclic amines) is 1. The van der Waals surface area contributed by atoms with Crippen molar-refractivity contribution in [2.24, 2.45) is 5.41 Å². The summed E-state index contributed by atoms with van der Waals surface area (Å²) in [6, 6.07) is 2.70. The standard InChI is InChI=1S/C23H29FN2O5/c1-13-9-14(5-6-17(13)27)21(29)25-16(10-23(2)7-3-4-8-23)22(30)26-11-15(24)20-19(26)18(28)12-31-20/h5-6,9,15-16,19-20,27H,3-4,7-8,10-12H2,1-2H3,(H,25,29)/t15-,16-,19+,20+/m0/s1. The van der Waals surface area contributed by atoms with Gasteiger partial charge in [0.05, 0.1) is 6.54 Å². The van der Waals surface area contributed by atoms with Crippen molar-refractivity contribution in [2.75, 3.05) is 13.2 Å². The Morgan fingerprint density at radius 2 is 2.06 bits per heavy atom. The molecular formula is C23H29FN2O5. The summed E-state index contributed by atoms with van der Waals surface area (Å²) in [6.45, 7) is 3.39. The van der Waals surface area contributed by atoms with Gasteiger partial charge in [0, 0.05) is 5.56 Å². The average Bonchev–Trinajstić information content (AvgIpc) is 3.41. The zero-order chi connectivity index (χ0) is 22.3. The van der Waals surface area contributed by atoms with Gasteiger partial charge in [-0.05, 0) is 55.4 Å². The molecule has 2 N–H and O–H groups in total. The second-order valence-electron chi connectivity index (χ2n) is 9.44. The third-order valence-electron chi connectivity index (χ3n) is 6.98. The second kappa shape index (κ2) is 8.22. The molecule has 0 bridgehead atoms. The van der Waals surface area contributed by atoms with Gasteiger partial charge in [0.1, 0.15) is 36.7 Å². The molecule has 1 saturated carbocycles. The lowest BCUT2D eigenvalue weighted by Gasteiger charge is -2.32. The van der Waals surface area contributed by atoms with E-state index in [-0.39, 0.29) is 30.1 Å². The molecule has 1 aromatic carbocycles. The van der Waals surface area contributed by atoms with Gasteiger partial charge in [-0.3, -0.25) is 14.4 Å². The average molecular weight is 432 g/mol. The summed E-state index contributed by atoms with van der Waals surface area (Å²) < 4.78 is 19.7. The summed E-state index contributed by atoms with van der Waals surface area (Å²) in [7, 11) is 0. The number of carbonyl (C=O) groups is 3. The number of halogens is 1. The Bertz CT molecular complexity index is 898. The minimum absolute atomic E-state index is 0.0829. The number of nitrogens with zero attached hydrogens (tertiary/aromatic N) is 1. The number of carbonyl (C=O) groups excluding carboxylic acids is 3. The molecule has 2 aliphatic heterocycles. The lowest BCUT2D eigenvalue weighted by Crippen LogP contribution is -2.53. The van der Waals surface area contributed by atoms with Crippen LogP contribution in [0.5, 0.6) is 5.75 Å². The van der Waals surface area contributed by atoms with Crippen molar-refractivity contribution in [3.05, 3.63) is 29.3 Å². The summed E-state index contributed by atoms with van der Waals surface area (Å²) in [6.07, 6.45) is 2.11. The molecule has 0 radical (unpaired) electrons. The number of benzene rings is 1.